The van der Waals surface area contributed by atoms with Crippen molar-refractivity contribution in [3.8, 4) is 17.0 Å². The molecule has 0 fully saturated rings. The molecule has 0 spiro atoms. The molecular formula is C15H13ClN2O2. The number of pyridine rings is 1. The molecule has 0 amide bonds. The number of aromatic nitrogens is 2. The number of aliphatic hydroxyl groups is 1. The fourth-order valence-electron chi connectivity index (χ4n) is 2.05. The standard InChI is InChI=1S/C15H13ClN2O2/c16-12-5-6-18-14(10-17-15(18)9-12)11-1-3-13(4-2-11)20-8-7-19/h1-6,9-10,19H,7-8H2. The van der Waals surface area contributed by atoms with E-state index in [0.717, 1.165) is 22.7 Å². The summed E-state index contributed by atoms with van der Waals surface area (Å²) in [5.41, 5.74) is 2.84. The lowest BCUT2D eigenvalue weighted by atomic mass is 10.1. The minimum atomic E-state index is 0.00969. The Morgan fingerprint density at radius 1 is 1.20 bits per heavy atom. The number of imidazole rings is 1. The van der Waals surface area contributed by atoms with Crippen molar-refractivity contribution >= 4 is 17.2 Å². The molecule has 102 valence electrons. The van der Waals surface area contributed by atoms with Crippen LogP contribution in [-0.2, 0) is 0 Å². The minimum Gasteiger partial charge on any atom is -0.491 e. The molecule has 0 bridgehead atoms. The van der Waals surface area contributed by atoms with Gasteiger partial charge < -0.3 is 9.84 Å². The van der Waals surface area contributed by atoms with E-state index in [1.807, 2.05) is 53.2 Å². The number of hydrogen-bond acceptors (Lipinski definition) is 3. The highest BCUT2D eigenvalue weighted by molar-refractivity contribution is 6.30. The van der Waals surface area contributed by atoms with Gasteiger partial charge in [0.1, 0.15) is 18.0 Å². The first kappa shape index (κ1) is 13.0. The van der Waals surface area contributed by atoms with Crippen molar-refractivity contribution in [1.82, 2.24) is 9.38 Å². The molecule has 1 aromatic carbocycles. The largest absolute Gasteiger partial charge is 0.491 e. The van der Waals surface area contributed by atoms with Crippen LogP contribution in [0.4, 0.5) is 0 Å². The van der Waals surface area contributed by atoms with Crippen molar-refractivity contribution in [2.75, 3.05) is 13.2 Å². The molecule has 2 heterocycles. The molecule has 0 saturated heterocycles. The molecule has 0 aliphatic rings. The van der Waals surface area contributed by atoms with Gasteiger partial charge in [-0.15, -0.1) is 0 Å². The van der Waals surface area contributed by atoms with E-state index >= 15 is 0 Å². The Labute approximate surface area is 121 Å². The van der Waals surface area contributed by atoms with Gasteiger partial charge in [0.05, 0.1) is 18.5 Å². The molecule has 0 atom stereocenters. The average Bonchev–Trinajstić information content (AvgIpc) is 2.88. The lowest BCUT2D eigenvalue weighted by molar-refractivity contribution is 0.201. The predicted molar refractivity (Wildman–Crippen MR) is 78.2 cm³/mol. The van der Waals surface area contributed by atoms with Crippen molar-refractivity contribution < 1.29 is 9.84 Å². The number of rotatable bonds is 4. The van der Waals surface area contributed by atoms with Gasteiger partial charge in [0.2, 0.25) is 0 Å². The highest BCUT2D eigenvalue weighted by Gasteiger charge is 2.06. The number of halogens is 1. The summed E-state index contributed by atoms with van der Waals surface area (Å²) in [6, 6.07) is 11.3. The van der Waals surface area contributed by atoms with Gasteiger partial charge in [-0.05, 0) is 30.3 Å². The quantitative estimate of drug-likeness (QED) is 0.803. The van der Waals surface area contributed by atoms with Crippen LogP contribution in [0.5, 0.6) is 5.75 Å². The normalized spacial score (nSPS) is 10.9. The Hall–Kier alpha value is -2.04. The Morgan fingerprint density at radius 2 is 2.00 bits per heavy atom. The summed E-state index contributed by atoms with van der Waals surface area (Å²) >= 11 is 5.95. The highest BCUT2D eigenvalue weighted by atomic mass is 35.5. The van der Waals surface area contributed by atoms with E-state index in [0.29, 0.717) is 11.6 Å². The lowest BCUT2D eigenvalue weighted by Gasteiger charge is -2.06. The SMILES string of the molecule is OCCOc1ccc(-c2cnc3cc(Cl)ccn23)cc1. The van der Waals surface area contributed by atoms with Gasteiger partial charge in [-0.3, -0.25) is 4.40 Å². The molecule has 3 rings (SSSR count). The number of aliphatic hydroxyl groups excluding tert-OH is 1. The van der Waals surface area contributed by atoms with Crippen molar-refractivity contribution in [1.29, 1.82) is 0 Å². The summed E-state index contributed by atoms with van der Waals surface area (Å²) in [6.45, 7) is 0.309. The van der Waals surface area contributed by atoms with Gasteiger partial charge in [0.15, 0.2) is 0 Å². The summed E-state index contributed by atoms with van der Waals surface area (Å²) in [5, 5.41) is 9.39. The molecule has 0 saturated carbocycles. The van der Waals surface area contributed by atoms with E-state index in [2.05, 4.69) is 4.98 Å². The summed E-state index contributed by atoms with van der Waals surface area (Å²) in [6.07, 6.45) is 3.71. The third-order valence-corrected chi connectivity index (χ3v) is 3.22. The third-order valence-electron chi connectivity index (χ3n) is 2.99. The van der Waals surface area contributed by atoms with Crippen LogP contribution in [-0.4, -0.2) is 27.7 Å². The monoisotopic (exact) mass is 288 g/mol. The van der Waals surface area contributed by atoms with Crippen molar-refractivity contribution in [2.24, 2.45) is 0 Å². The van der Waals surface area contributed by atoms with Crippen molar-refractivity contribution in [3.63, 3.8) is 0 Å². The van der Waals surface area contributed by atoms with Crippen LogP contribution >= 0.6 is 11.6 Å². The number of fused-ring (bicyclic) bond motifs is 1. The molecule has 0 aliphatic carbocycles. The smallest absolute Gasteiger partial charge is 0.138 e. The van der Waals surface area contributed by atoms with Crippen molar-refractivity contribution in [3.05, 3.63) is 53.8 Å². The Kier molecular flexibility index (Phi) is 3.58. The van der Waals surface area contributed by atoms with Crippen LogP contribution in [0.25, 0.3) is 16.9 Å². The van der Waals surface area contributed by atoms with E-state index in [-0.39, 0.29) is 6.61 Å². The molecular weight excluding hydrogens is 276 g/mol. The van der Waals surface area contributed by atoms with Gasteiger partial charge in [-0.2, -0.15) is 0 Å². The zero-order valence-corrected chi connectivity index (χ0v) is 11.4. The van der Waals surface area contributed by atoms with Crippen molar-refractivity contribution in [2.45, 2.75) is 0 Å². The highest BCUT2D eigenvalue weighted by Crippen LogP contribution is 2.24. The molecule has 0 aliphatic heterocycles. The third kappa shape index (κ3) is 2.48. The Bertz CT molecular complexity index is 722. The summed E-state index contributed by atoms with van der Waals surface area (Å²) in [7, 11) is 0. The fraction of sp³-hybridized carbons (Fsp3) is 0.133. The molecule has 1 N–H and O–H groups in total. The topological polar surface area (TPSA) is 46.8 Å². The molecule has 0 unspecified atom stereocenters. The first-order valence-corrected chi connectivity index (χ1v) is 6.62. The maximum Gasteiger partial charge on any atom is 0.138 e. The van der Waals surface area contributed by atoms with Gasteiger partial charge in [0.25, 0.3) is 0 Å². The van der Waals surface area contributed by atoms with Crippen LogP contribution < -0.4 is 4.74 Å². The second-order valence-electron chi connectivity index (χ2n) is 4.31. The maximum absolute atomic E-state index is 8.73. The minimum absolute atomic E-state index is 0.00969. The summed E-state index contributed by atoms with van der Waals surface area (Å²) in [4.78, 5) is 4.34. The van der Waals surface area contributed by atoms with Gasteiger partial charge in [-0.25, -0.2) is 4.98 Å². The zero-order chi connectivity index (χ0) is 13.9. The summed E-state index contributed by atoms with van der Waals surface area (Å²) in [5.74, 6) is 0.736. The first-order chi connectivity index (χ1) is 9.78. The van der Waals surface area contributed by atoms with Gasteiger partial charge in [-0.1, -0.05) is 11.6 Å². The molecule has 20 heavy (non-hydrogen) atoms. The van der Waals surface area contributed by atoms with E-state index in [9.17, 15) is 0 Å². The second kappa shape index (κ2) is 5.53. The van der Waals surface area contributed by atoms with Crippen LogP contribution in [0, 0.1) is 0 Å². The van der Waals surface area contributed by atoms with Crippen LogP contribution in [0.15, 0.2) is 48.8 Å². The lowest BCUT2D eigenvalue weighted by Crippen LogP contribution is -2.01. The number of nitrogens with zero attached hydrogens (tertiary/aromatic N) is 2. The molecule has 2 aromatic heterocycles. The second-order valence-corrected chi connectivity index (χ2v) is 4.75. The number of benzene rings is 1. The van der Waals surface area contributed by atoms with Gasteiger partial charge in [0, 0.05) is 22.8 Å². The predicted octanol–water partition coefficient (Wildman–Crippen LogP) is 3.03. The van der Waals surface area contributed by atoms with E-state index in [1.54, 1.807) is 0 Å². The number of ether oxygens (including phenoxy) is 1. The Balaban J connectivity index is 1.94. The maximum atomic E-state index is 8.73. The zero-order valence-electron chi connectivity index (χ0n) is 10.7. The van der Waals surface area contributed by atoms with E-state index in [4.69, 9.17) is 21.4 Å². The average molecular weight is 289 g/mol. The molecule has 3 aromatic rings. The molecule has 0 radical (unpaired) electrons. The Morgan fingerprint density at radius 3 is 2.75 bits per heavy atom. The van der Waals surface area contributed by atoms with E-state index < -0.39 is 0 Å². The van der Waals surface area contributed by atoms with Gasteiger partial charge >= 0.3 is 0 Å². The van der Waals surface area contributed by atoms with E-state index in [1.165, 1.54) is 0 Å². The number of hydrogen-bond donors (Lipinski definition) is 1. The fourth-order valence-corrected chi connectivity index (χ4v) is 2.21. The van der Waals surface area contributed by atoms with Crippen LogP contribution in [0.2, 0.25) is 5.02 Å². The van der Waals surface area contributed by atoms with Crippen LogP contribution in [0.1, 0.15) is 0 Å². The molecule has 4 nitrogen and oxygen atoms in total. The summed E-state index contributed by atoms with van der Waals surface area (Å²) < 4.78 is 7.32. The van der Waals surface area contributed by atoms with Crippen LogP contribution in [0.3, 0.4) is 0 Å². The molecule has 5 heteroatoms. The first-order valence-electron chi connectivity index (χ1n) is 6.24.